The number of hydrogen-bond acceptors (Lipinski definition) is 5. The number of nitrogens with zero attached hydrogens (tertiary/aromatic N) is 5. The van der Waals surface area contributed by atoms with Crippen molar-refractivity contribution < 1.29 is 9.18 Å². The van der Waals surface area contributed by atoms with Crippen LogP contribution in [0.2, 0.25) is 0 Å². The molecule has 1 aliphatic carbocycles. The van der Waals surface area contributed by atoms with E-state index >= 15 is 0 Å². The quantitative estimate of drug-likeness (QED) is 0.813. The Morgan fingerprint density at radius 2 is 1.90 bits per heavy atom. The summed E-state index contributed by atoms with van der Waals surface area (Å²) >= 11 is 0. The Morgan fingerprint density at radius 3 is 2.57 bits per heavy atom. The molecule has 4 rings (SSSR count). The highest BCUT2D eigenvalue weighted by Crippen LogP contribution is 2.27. The third kappa shape index (κ3) is 4.47. The van der Waals surface area contributed by atoms with Crippen molar-refractivity contribution in [2.75, 3.05) is 24.5 Å². The van der Waals surface area contributed by atoms with Gasteiger partial charge in [-0.1, -0.05) is 19.3 Å². The third-order valence-electron chi connectivity index (χ3n) is 6.52. The second kappa shape index (κ2) is 9.10. The van der Waals surface area contributed by atoms with Crippen molar-refractivity contribution in [2.45, 2.75) is 51.9 Å². The number of aromatic nitrogens is 4. The van der Waals surface area contributed by atoms with Crippen LogP contribution in [0.1, 0.15) is 50.5 Å². The largest absolute Gasteiger partial charge is 0.356 e. The zero-order chi connectivity index (χ0) is 21.1. The molecule has 2 aliphatic rings. The van der Waals surface area contributed by atoms with Gasteiger partial charge in [-0.25, -0.2) is 14.4 Å². The zero-order valence-corrected chi connectivity index (χ0v) is 17.9. The first kappa shape index (κ1) is 20.8. The number of aryl methyl sites for hydroxylation is 2. The van der Waals surface area contributed by atoms with E-state index in [2.05, 4.69) is 20.4 Å². The smallest absolute Gasteiger partial charge is 0.226 e. The van der Waals surface area contributed by atoms with Crippen molar-refractivity contribution in [2.24, 2.45) is 18.9 Å². The van der Waals surface area contributed by atoms with Gasteiger partial charge in [0.1, 0.15) is 5.69 Å². The summed E-state index contributed by atoms with van der Waals surface area (Å²) in [6.07, 6.45) is 10.8. The van der Waals surface area contributed by atoms with Gasteiger partial charge in [-0.15, -0.1) is 0 Å². The molecule has 30 heavy (non-hydrogen) atoms. The lowest BCUT2D eigenvalue weighted by Crippen LogP contribution is -2.42. The molecule has 2 aromatic rings. The minimum Gasteiger partial charge on any atom is -0.356 e. The first-order valence-corrected chi connectivity index (χ1v) is 11.1. The van der Waals surface area contributed by atoms with Crippen LogP contribution in [-0.4, -0.2) is 45.3 Å². The van der Waals surface area contributed by atoms with Crippen LogP contribution < -0.4 is 10.2 Å². The second-order valence-corrected chi connectivity index (χ2v) is 8.68. The van der Waals surface area contributed by atoms with Crippen LogP contribution in [0.15, 0.2) is 12.4 Å². The molecule has 1 N–H and O–H groups in total. The predicted molar refractivity (Wildman–Crippen MR) is 113 cm³/mol. The molecule has 0 radical (unpaired) electrons. The summed E-state index contributed by atoms with van der Waals surface area (Å²) in [6, 6.07) is 0. The molecule has 8 heteroatoms. The van der Waals surface area contributed by atoms with Gasteiger partial charge in [0.05, 0.1) is 18.1 Å². The molecule has 0 atom stereocenters. The van der Waals surface area contributed by atoms with E-state index in [0.29, 0.717) is 30.6 Å². The lowest BCUT2D eigenvalue weighted by atomic mass is 9.89. The lowest BCUT2D eigenvalue weighted by Gasteiger charge is -2.32. The van der Waals surface area contributed by atoms with E-state index in [1.165, 1.54) is 38.3 Å². The summed E-state index contributed by atoms with van der Waals surface area (Å²) in [6.45, 7) is 4.09. The van der Waals surface area contributed by atoms with Crippen molar-refractivity contribution in [1.82, 2.24) is 25.1 Å². The Bertz CT molecular complexity index is 864. The maximum absolute atomic E-state index is 14.4. The van der Waals surface area contributed by atoms with Crippen LogP contribution in [0.3, 0.4) is 0 Å². The summed E-state index contributed by atoms with van der Waals surface area (Å²) in [7, 11) is 1.78. The molecule has 0 aromatic carbocycles. The van der Waals surface area contributed by atoms with Crippen molar-refractivity contribution in [3.63, 3.8) is 0 Å². The highest BCUT2D eigenvalue weighted by molar-refractivity contribution is 5.79. The number of rotatable bonds is 5. The number of halogens is 1. The van der Waals surface area contributed by atoms with Gasteiger partial charge in [0.25, 0.3) is 0 Å². The summed E-state index contributed by atoms with van der Waals surface area (Å²) < 4.78 is 16.1. The van der Waals surface area contributed by atoms with Crippen LogP contribution in [0.5, 0.6) is 0 Å². The van der Waals surface area contributed by atoms with Gasteiger partial charge in [0.15, 0.2) is 5.82 Å². The predicted octanol–water partition coefficient (Wildman–Crippen LogP) is 3.24. The van der Waals surface area contributed by atoms with E-state index < -0.39 is 5.82 Å². The molecule has 0 bridgehead atoms. The summed E-state index contributed by atoms with van der Waals surface area (Å²) in [5.74, 6) is 0.898. The monoisotopic (exact) mass is 414 g/mol. The summed E-state index contributed by atoms with van der Waals surface area (Å²) in [5.41, 5.74) is 1.80. The fourth-order valence-corrected chi connectivity index (χ4v) is 4.69. The van der Waals surface area contributed by atoms with Crippen LogP contribution >= 0.6 is 0 Å². The van der Waals surface area contributed by atoms with E-state index in [0.717, 1.165) is 24.9 Å². The van der Waals surface area contributed by atoms with Crippen molar-refractivity contribution >= 4 is 11.9 Å². The molecule has 2 fully saturated rings. The SMILES string of the molecule is Cc1cnn(C)c1-c1nc(N2CCC(C(=O)NCC3CCCCC3)CC2)ncc1F. The average molecular weight is 415 g/mol. The number of carbonyl (C=O) groups is 1. The Kier molecular flexibility index (Phi) is 6.29. The van der Waals surface area contributed by atoms with E-state index in [9.17, 15) is 9.18 Å². The van der Waals surface area contributed by atoms with Gasteiger partial charge >= 0.3 is 0 Å². The molecule has 1 amide bonds. The minimum atomic E-state index is -0.456. The Hall–Kier alpha value is -2.51. The van der Waals surface area contributed by atoms with Gasteiger partial charge in [0, 0.05) is 32.6 Å². The zero-order valence-electron chi connectivity index (χ0n) is 17.9. The Labute approximate surface area is 177 Å². The Morgan fingerprint density at radius 1 is 1.17 bits per heavy atom. The lowest BCUT2D eigenvalue weighted by molar-refractivity contribution is -0.125. The fraction of sp³-hybridized carbons (Fsp3) is 0.636. The summed E-state index contributed by atoms with van der Waals surface area (Å²) in [4.78, 5) is 23.3. The molecule has 0 unspecified atom stereocenters. The summed E-state index contributed by atoms with van der Waals surface area (Å²) in [5, 5.41) is 7.36. The standard InChI is InChI=1S/C22H31FN6O/c1-15-12-26-28(2)20(15)19-18(23)14-25-22(27-19)29-10-8-17(9-11-29)21(30)24-13-16-6-4-3-5-7-16/h12,14,16-17H,3-11,13H2,1-2H3,(H,24,30). The minimum absolute atomic E-state index is 0.0316. The number of piperidine rings is 1. The van der Waals surface area contributed by atoms with E-state index in [4.69, 9.17) is 0 Å². The Balaban J connectivity index is 1.36. The fourth-order valence-electron chi connectivity index (χ4n) is 4.69. The average Bonchev–Trinajstić information content (AvgIpc) is 3.11. The van der Waals surface area contributed by atoms with Gasteiger partial charge < -0.3 is 10.2 Å². The van der Waals surface area contributed by atoms with Crippen LogP contribution in [0.4, 0.5) is 10.3 Å². The molecule has 1 saturated heterocycles. The first-order chi connectivity index (χ1) is 14.5. The highest BCUT2D eigenvalue weighted by Gasteiger charge is 2.27. The van der Waals surface area contributed by atoms with Crippen LogP contribution in [0, 0.1) is 24.6 Å². The molecule has 1 saturated carbocycles. The van der Waals surface area contributed by atoms with Crippen molar-refractivity contribution in [3.8, 4) is 11.4 Å². The van der Waals surface area contributed by atoms with Crippen molar-refractivity contribution in [1.29, 1.82) is 0 Å². The molecule has 7 nitrogen and oxygen atoms in total. The van der Waals surface area contributed by atoms with Gasteiger partial charge in [0.2, 0.25) is 11.9 Å². The van der Waals surface area contributed by atoms with E-state index in [1.54, 1.807) is 17.9 Å². The molecule has 1 aliphatic heterocycles. The third-order valence-corrected chi connectivity index (χ3v) is 6.52. The number of anilines is 1. The highest BCUT2D eigenvalue weighted by atomic mass is 19.1. The van der Waals surface area contributed by atoms with E-state index in [-0.39, 0.29) is 17.5 Å². The maximum Gasteiger partial charge on any atom is 0.226 e. The van der Waals surface area contributed by atoms with Crippen molar-refractivity contribution in [3.05, 3.63) is 23.8 Å². The van der Waals surface area contributed by atoms with Gasteiger partial charge in [-0.3, -0.25) is 9.48 Å². The number of amides is 1. The van der Waals surface area contributed by atoms with Crippen LogP contribution in [0.25, 0.3) is 11.4 Å². The molecule has 0 spiro atoms. The normalized spacial score (nSPS) is 18.6. The number of carbonyl (C=O) groups excluding carboxylic acids is 1. The topological polar surface area (TPSA) is 75.9 Å². The number of hydrogen-bond donors (Lipinski definition) is 1. The molecule has 2 aromatic heterocycles. The van der Waals surface area contributed by atoms with Gasteiger partial charge in [-0.05, 0) is 44.1 Å². The molecular weight excluding hydrogens is 383 g/mol. The van der Waals surface area contributed by atoms with Crippen LogP contribution in [-0.2, 0) is 11.8 Å². The molecule has 3 heterocycles. The first-order valence-electron chi connectivity index (χ1n) is 11.1. The van der Waals surface area contributed by atoms with Gasteiger partial charge in [-0.2, -0.15) is 5.10 Å². The molecule has 162 valence electrons. The molecular formula is C22H31FN6O. The van der Waals surface area contributed by atoms with E-state index in [1.807, 2.05) is 11.8 Å². The number of nitrogens with one attached hydrogen (secondary N) is 1. The second-order valence-electron chi connectivity index (χ2n) is 8.68. The maximum atomic E-state index is 14.4.